The molecule has 3 heteroatoms. The van der Waals surface area contributed by atoms with E-state index in [2.05, 4.69) is 0 Å². The van der Waals surface area contributed by atoms with E-state index >= 15 is 0 Å². The Morgan fingerprint density at radius 2 is 1.82 bits per heavy atom. The lowest BCUT2D eigenvalue weighted by Gasteiger charge is -2.19. The van der Waals surface area contributed by atoms with E-state index in [0.29, 0.717) is 0 Å². The standard InChI is InChI=1S/C8H13ClO2/c1-4-8(2,3)5-6(10)7(9)11/h4-5H2,1-3H3. The van der Waals surface area contributed by atoms with Gasteiger partial charge in [0.05, 0.1) is 0 Å². The molecule has 0 unspecified atom stereocenters. The van der Waals surface area contributed by atoms with E-state index in [1.807, 2.05) is 20.8 Å². The van der Waals surface area contributed by atoms with Crippen LogP contribution in [-0.4, -0.2) is 11.0 Å². The van der Waals surface area contributed by atoms with Gasteiger partial charge in [0.15, 0.2) is 0 Å². The Morgan fingerprint density at radius 1 is 1.36 bits per heavy atom. The molecule has 2 nitrogen and oxygen atoms in total. The summed E-state index contributed by atoms with van der Waals surface area (Å²) < 4.78 is 0. The molecule has 11 heavy (non-hydrogen) atoms. The van der Waals surface area contributed by atoms with Gasteiger partial charge in [0.1, 0.15) is 0 Å². The smallest absolute Gasteiger partial charge is 0.288 e. The first-order valence-electron chi connectivity index (χ1n) is 3.61. The van der Waals surface area contributed by atoms with Crippen molar-refractivity contribution in [2.75, 3.05) is 0 Å². The highest BCUT2D eigenvalue weighted by Gasteiger charge is 2.22. The van der Waals surface area contributed by atoms with Crippen LogP contribution in [0.3, 0.4) is 0 Å². The van der Waals surface area contributed by atoms with Gasteiger partial charge in [0.2, 0.25) is 5.78 Å². The number of hydrogen-bond donors (Lipinski definition) is 0. The van der Waals surface area contributed by atoms with Crippen molar-refractivity contribution < 1.29 is 9.59 Å². The Kier molecular flexibility index (Phi) is 3.73. The number of carbonyl (C=O) groups excluding carboxylic acids is 2. The van der Waals surface area contributed by atoms with Crippen LogP contribution in [0.15, 0.2) is 0 Å². The van der Waals surface area contributed by atoms with Crippen molar-refractivity contribution in [2.24, 2.45) is 5.41 Å². The number of ketones is 1. The van der Waals surface area contributed by atoms with E-state index in [0.717, 1.165) is 6.42 Å². The summed E-state index contributed by atoms with van der Waals surface area (Å²) in [7, 11) is 0. The average Bonchev–Trinajstić information content (AvgIpc) is 1.87. The Bertz CT molecular complexity index is 173. The molecule has 0 amide bonds. The second-order valence-corrected chi connectivity index (χ2v) is 3.73. The second kappa shape index (κ2) is 3.86. The van der Waals surface area contributed by atoms with Crippen molar-refractivity contribution in [1.82, 2.24) is 0 Å². The van der Waals surface area contributed by atoms with Gasteiger partial charge in [0.25, 0.3) is 5.24 Å². The van der Waals surface area contributed by atoms with Crippen LogP contribution in [0.5, 0.6) is 0 Å². The summed E-state index contributed by atoms with van der Waals surface area (Å²) in [6.07, 6.45) is 1.11. The van der Waals surface area contributed by atoms with E-state index < -0.39 is 11.0 Å². The van der Waals surface area contributed by atoms with Crippen molar-refractivity contribution in [3.8, 4) is 0 Å². The zero-order valence-corrected chi connectivity index (χ0v) is 7.86. The molecule has 0 aromatic rings. The molecule has 64 valence electrons. The van der Waals surface area contributed by atoms with Gasteiger partial charge in [-0.15, -0.1) is 0 Å². The van der Waals surface area contributed by atoms with Gasteiger partial charge >= 0.3 is 0 Å². The van der Waals surface area contributed by atoms with Crippen LogP contribution in [0, 0.1) is 5.41 Å². The molecule has 0 fully saturated rings. The first kappa shape index (κ1) is 10.6. The molecule has 0 aliphatic rings. The summed E-state index contributed by atoms with van der Waals surface area (Å²) in [4.78, 5) is 21.2. The lowest BCUT2D eigenvalue weighted by Crippen LogP contribution is -2.19. The lowest BCUT2D eigenvalue weighted by atomic mass is 9.85. The zero-order valence-electron chi connectivity index (χ0n) is 7.11. The first-order chi connectivity index (χ1) is 4.89. The molecule has 0 bridgehead atoms. The number of carbonyl (C=O) groups is 2. The molecule has 0 N–H and O–H groups in total. The highest BCUT2D eigenvalue weighted by Crippen LogP contribution is 2.24. The van der Waals surface area contributed by atoms with Crippen LogP contribution in [0.2, 0.25) is 0 Å². The number of hydrogen-bond acceptors (Lipinski definition) is 2. The minimum absolute atomic E-state index is 0.109. The topological polar surface area (TPSA) is 34.1 Å². The Morgan fingerprint density at radius 3 is 2.09 bits per heavy atom. The SMILES string of the molecule is CCC(C)(C)CC(=O)C(=O)Cl. The molecule has 0 aromatic carbocycles. The first-order valence-corrected chi connectivity index (χ1v) is 3.99. The van der Waals surface area contributed by atoms with Crippen molar-refractivity contribution in [3.05, 3.63) is 0 Å². The quantitative estimate of drug-likeness (QED) is 0.486. The van der Waals surface area contributed by atoms with Gasteiger partial charge < -0.3 is 0 Å². The summed E-state index contributed by atoms with van der Waals surface area (Å²) >= 11 is 5.00. The van der Waals surface area contributed by atoms with Crippen LogP contribution in [-0.2, 0) is 9.59 Å². The third kappa shape index (κ3) is 4.14. The third-order valence-corrected chi connectivity index (χ3v) is 2.03. The van der Waals surface area contributed by atoms with E-state index in [9.17, 15) is 9.59 Å². The largest absolute Gasteiger partial charge is 0.289 e. The maximum atomic E-state index is 10.8. The minimum atomic E-state index is -0.855. The predicted molar refractivity (Wildman–Crippen MR) is 44.6 cm³/mol. The molecule has 0 rings (SSSR count). The molecule has 0 atom stereocenters. The average molecular weight is 177 g/mol. The predicted octanol–water partition coefficient (Wildman–Crippen LogP) is 2.15. The molecule has 0 aliphatic heterocycles. The van der Waals surface area contributed by atoms with Crippen LogP contribution < -0.4 is 0 Å². The van der Waals surface area contributed by atoms with Crippen LogP contribution in [0.1, 0.15) is 33.6 Å². The molecule has 0 aliphatic carbocycles. The van der Waals surface area contributed by atoms with Gasteiger partial charge in [0, 0.05) is 6.42 Å². The molecule has 0 spiro atoms. The fourth-order valence-corrected chi connectivity index (χ4v) is 0.696. The Hall–Kier alpha value is -0.370. The normalized spacial score (nSPS) is 11.3. The highest BCUT2D eigenvalue weighted by molar-refractivity contribution is 6.81. The molecular formula is C8H13ClO2. The van der Waals surface area contributed by atoms with Gasteiger partial charge in [-0.25, -0.2) is 0 Å². The molecule has 0 saturated carbocycles. The molecular weight excluding hydrogens is 164 g/mol. The van der Waals surface area contributed by atoms with Crippen LogP contribution in [0.25, 0.3) is 0 Å². The van der Waals surface area contributed by atoms with E-state index in [-0.39, 0.29) is 11.8 Å². The Labute approximate surface area is 71.9 Å². The van der Waals surface area contributed by atoms with Crippen LogP contribution in [0.4, 0.5) is 0 Å². The fraction of sp³-hybridized carbons (Fsp3) is 0.750. The van der Waals surface area contributed by atoms with Gasteiger partial charge in [-0.05, 0) is 17.0 Å². The number of rotatable bonds is 4. The highest BCUT2D eigenvalue weighted by atomic mass is 35.5. The van der Waals surface area contributed by atoms with E-state index in [4.69, 9.17) is 11.6 Å². The van der Waals surface area contributed by atoms with E-state index in [1.54, 1.807) is 0 Å². The number of Topliss-reactive ketones (excluding diaryl/α,β-unsaturated/α-hetero) is 1. The third-order valence-electron chi connectivity index (χ3n) is 1.82. The number of halogens is 1. The summed E-state index contributed by atoms with van der Waals surface area (Å²) in [6, 6.07) is 0. The van der Waals surface area contributed by atoms with Crippen molar-refractivity contribution >= 4 is 22.6 Å². The maximum Gasteiger partial charge on any atom is 0.288 e. The lowest BCUT2D eigenvalue weighted by molar-refractivity contribution is -0.133. The molecule has 0 heterocycles. The minimum Gasteiger partial charge on any atom is -0.289 e. The summed E-state index contributed by atoms with van der Waals surface area (Å²) in [5, 5.41) is -0.855. The van der Waals surface area contributed by atoms with Gasteiger partial charge in [-0.2, -0.15) is 0 Å². The molecule has 0 saturated heterocycles. The van der Waals surface area contributed by atoms with Crippen molar-refractivity contribution in [1.29, 1.82) is 0 Å². The Balaban J connectivity index is 4.04. The fourth-order valence-electron chi connectivity index (χ4n) is 0.629. The van der Waals surface area contributed by atoms with Crippen LogP contribution >= 0.6 is 11.6 Å². The molecule has 0 radical (unpaired) electrons. The zero-order chi connectivity index (χ0) is 9.07. The second-order valence-electron chi connectivity index (χ2n) is 3.39. The van der Waals surface area contributed by atoms with Gasteiger partial charge in [-0.3, -0.25) is 9.59 Å². The van der Waals surface area contributed by atoms with Crippen molar-refractivity contribution in [3.63, 3.8) is 0 Å². The summed E-state index contributed by atoms with van der Waals surface area (Å²) in [5.74, 6) is -0.487. The monoisotopic (exact) mass is 176 g/mol. The van der Waals surface area contributed by atoms with Crippen molar-refractivity contribution in [2.45, 2.75) is 33.6 Å². The maximum absolute atomic E-state index is 10.8. The van der Waals surface area contributed by atoms with E-state index in [1.165, 1.54) is 0 Å². The van der Waals surface area contributed by atoms with Gasteiger partial charge in [-0.1, -0.05) is 27.2 Å². The summed E-state index contributed by atoms with van der Waals surface area (Å²) in [6.45, 7) is 5.85. The summed E-state index contributed by atoms with van der Waals surface area (Å²) in [5.41, 5.74) is -0.109. The molecule has 0 aromatic heterocycles.